The van der Waals surface area contributed by atoms with E-state index in [2.05, 4.69) is 20.9 Å². The van der Waals surface area contributed by atoms with E-state index in [-0.39, 0.29) is 17.6 Å². The second-order valence-electron chi connectivity index (χ2n) is 6.88. The van der Waals surface area contributed by atoms with E-state index in [4.69, 9.17) is 16.3 Å². The fourth-order valence-electron chi connectivity index (χ4n) is 3.05. The van der Waals surface area contributed by atoms with Crippen molar-refractivity contribution >= 4 is 55.7 Å². The number of nitrogens with zero attached hydrogens (tertiary/aromatic N) is 1. The third-order valence-electron chi connectivity index (χ3n) is 4.62. The number of aryl methyl sites for hydroxylation is 1. The zero-order valence-corrected chi connectivity index (χ0v) is 18.8. The van der Waals surface area contributed by atoms with Crippen molar-refractivity contribution in [1.82, 2.24) is 10.3 Å². The van der Waals surface area contributed by atoms with E-state index in [9.17, 15) is 9.59 Å². The number of thiophene rings is 1. The average molecular weight is 467 g/mol. The third kappa shape index (κ3) is 4.82. The quantitative estimate of drug-likeness (QED) is 0.333. The Bertz CT molecular complexity index is 1300. The molecule has 0 radical (unpaired) electrons. The first-order chi connectivity index (χ1) is 15.4. The highest BCUT2D eigenvalue weighted by atomic mass is 35.5. The topological polar surface area (TPSA) is 92.4 Å². The molecule has 0 aliphatic heterocycles. The number of carbonyl (C=O) groups excluding carboxylic acids is 2. The highest BCUT2D eigenvalue weighted by Gasteiger charge is 2.11. The van der Waals surface area contributed by atoms with E-state index in [0.717, 1.165) is 15.6 Å². The van der Waals surface area contributed by atoms with E-state index >= 15 is 0 Å². The van der Waals surface area contributed by atoms with Gasteiger partial charge in [-0.3, -0.25) is 15.1 Å². The van der Waals surface area contributed by atoms with Gasteiger partial charge in [-0.2, -0.15) is 0 Å². The molecule has 2 heterocycles. The summed E-state index contributed by atoms with van der Waals surface area (Å²) in [4.78, 5) is 28.2. The number of benzene rings is 2. The normalized spacial score (nSPS) is 10.6. The largest absolute Gasteiger partial charge is 0.457 e. The van der Waals surface area contributed by atoms with Gasteiger partial charge in [0.2, 0.25) is 0 Å². The number of nitrogens with one attached hydrogen (secondary N) is 3. The molecule has 0 saturated heterocycles. The molecule has 32 heavy (non-hydrogen) atoms. The van der Waals surface area contributed by atoms with Gasteiger partial charge < -0.3 is 15.4 Å². The highest BCUT2D eigenvalue weighted by molar-refractivity contribution is 7.23. The van der Waals surface area contributed by atoms with Crippen LogP contribution in [-0.2, 0) is 0 Å². The molecule has 0 saturated carbocycles. The number of anilines is 2. The van der Waals surface area contributed by atoms with Crippen molar-refractivity contribution in [3.05, 3.63) is 77.1 Å². The molecular weight excluding hydrogens is 448 g/mol. The van der Waals surface area contributed by atoms with Crippen molar-refractivity contribution in [3.8, 4) is 11.5 Å². The molecule has 0 aliphatic rings. The number of ether oxygens (including phenoxy) is 1. The van der Waals surface area contributed by atoms with Gasteiger partial charge in [0.25, 0.3) is 5.91 Å². The fourth-order valence-corrected chi connectivity index (χ4v) is 4.30. The maximum absolute atomic E-state index is 12.4. The molecule has 0 bridgehead atoms. The molecule has 0 spiro atoms. The van der Waals surface area contributed by atoms with Crippen molar-refractivity contribution in [2.75, 3.05) is 17.7 Å². The second-order valence-corrected chi connectivity index (χ2v) is 8.37. The Kier molecular flexibility index (Phi) is 6.25. The van der Waals surface area contributed by atoms with Crippen LogP contribution in [0.3, 0.4) is 0 Å². The molecule has 4 rings (SSSR count). The first-order valence-corrected chi connectivity index (χ1v) is 10.8. The number of pyridine rings is 1. The summed E-state index contributed by atoms with van der Waals surface area (Å²) in [5, 5.41) is 10.3. The molecule has 0 unspecified atom stereocenters. The molecule has 2 aromatic heterocycles. The van der Waals surface area contributed by atoms with Crippen molar-refractivity contribution in [1.29, 1.82) is 0 Å². The Morgan fingerprint density at radius 2 is 1.84 bits per heavy atom. The maximum Gasteiger partial charge on any atom is 0.324 e. The van der Waals surface area contributed by atoms with Crippen molar-refractivity contribution in [2.24, 2.45) is 0 Å². The smallest absolute Gasteiger partial charge is 0.324 e. The van der Waals surface area contributed by atoms with Gasteiger partial charge in [0.15, 0.2) is 0 Å². The average Bonchev–Trinajstić information content (AvgIpc) is 3.17. The minimum absolute atomic E-state index is 0.272. The zero-order chi connectivity index (χ0) is 22.7. The lowest BCUT2D eigenvalue weighted by Crippen LogP contribution is -2.19. The van der Waals surface area contributed by atoms with Crippen LogP contribution in [-0.4, -0.2) is 24.0 Å². The monoisotopic (exact) mass is 466 g/mol. The van der Waals surface area contributed by atoms with Crippen LogP contribution in [0.4, 0.5) is 15.5 Å². The summed E-state index contributed by atoms with van der Waals surface area (Å²) in [6.45, 7) is 1.88. The number of rotatable bonds is 5. The van der Waals surface area contributed by atoms with Crippen LogP contribution in [0.2, 0.25) is 5.02 Å². The summed E-state index contributed by atoms with van der Waals surface area (Å²) in [5.41, 5.74) is 1.73. The van der Waals surface area contributed by atoms with E-state index in [1.54, 1.807) is 25.2 Å². The molecule has 4 aromatic rings. The van der Waals surface area contributed by atoms with Gasteiger partial charge in [-0.15, -0.1) is 11.3 Å². The van der Waals surface area contributed by atoms with Crippen molar-refractivity contribution < 1.29 is 14.3 Å². The molecule has 3 N–H and O–H groups in total. The number of carbonyl (C=O) groups is 2. The Morgan fingerprint density at radius 3 is 2.62 bits per heavy atom. The number of halogens is 1. The molecule has 9 heteroatoms. The van der Waals surface area contributed by atoms with Crippen LogP contribution in [0.25, 0.3) is 10.1 Å². The first kappa shape index (κ1) is 21.6. The summed E-state index contributed by atoms with van der Waals surface area (Å²) in [5.74, 6) is 0.823. The Hall–Kier alpha value is -3.62. The van der Waals surface area contributed by atoms with Crippen molar-refractivity contribution in [3.63, 3.8) is 0 Å². The lowest BCUT2D eigenvalue weighted by Gasteiger charge is -2.10. The number of para-hydroxylation sites is 1. The molecular formula is C23H19ClN4O3S. The first-order valence-electron chi connectivity index (χ1n) is 9.65. The van der Waals surface area contributed by atoms with Crippen LogP contribution in [0.5, 0.6) is 11.5 Å². The van der Waals surface area contributed by atoms with E-state index in [0.29, 0.717) is 27.2 Å². The number of fused-ring (bicyclic) bond motifs is 1. The highest BCUT2D eigenvalue weighted by Crippen LogP contribution is 2.34. The van der Waals surface area contributed by atoms with Crippen LogP contribution in [0, 0.1) is 6.92 Å². The van der Waals surface area contributed by atoms with Crippen LogP contribution < -0.4 is 20.7 Å². The van der Waals surface area contributed by atoms with Crippen molar-refractivity contribution in [2.45, 2.75) is 6.92 Å². The second kappa shape index (κ2) is 9.25. The Labute approximate surface area is 193 Å². The zero-order valence-electron chi connectivity index (χ0n) is 17.2. The minimum atomic E-state index is -0.372. The number of aromatic nitrogens is 1. The fraction of sp³-hybridized carbons (Fsp3) is 0.0870. The van der Waals surface area contributed by atoms with Gasteiger partial charge in [-0.05, 0) is 54.3 Å². The van der Waals surface area contributed by atoms with E-state index in [1.807, 2.05) is 43.3 Å². The molecule has 7 nitrogen and oxygen atoms in total. The predicted molar refractivity (Wildman–Crippen MR) is 128 cm³/mol. The standard InChI is InChI=1S/C23H19ClN4O3S/c1-13-4-3-5-17(24)21(13)28-23(30)27-20-10-14-6-7-15(12-19(14)32-20)31-16-8-9-26-18(11-16)22(29)25-2/h3-12H,1-2H3,(H,25,29)(H2,27,28,30). The molecule has 3 amide bonds. The number of amides is 3. The summed E-state index contributed by atoms with van der Waals surface area (Å²) in [6, 6.07) is 15.8. The number of hydrogen-bond acceptors (Lipinski definition) is 5. The number of hydrogen-bond donors (Lipinski definition) is 3. The predicted octanol–water partition coefficient (Wildman–Crippen LogP) is 6.05. The molecule has 0 atom stereocenters. The van der Waals surface area contributed by atoms with Crippen LogP contribution in [0.1, 0.15) is 16.1 Å². The van der Waals surface area contributed by atoms with Gasteiger partial charge in [0.1, 0.15) is 17.2 Å². The summed E-state index contributed by atoms with van der Waals surface area (Å²) in [6.07, 6.45) is 1.52. The van der Waals surface area contributed by atoms with Gasteiger partial charge in [-0.25, -0.2) is 4.79 Å². The Balaban J connectivity index is 1.48. The summed E-state index contributed by atoms with van der Waals surface area (Å²) >= 11 is 7.60. The molecule has 2 aromatic carbocycles. The lowest BCUT2D eigenvalue weighted by molar-refractivity contribution is 0.0958. The molecule has 0 fully saturated rings. The van der Waals surface area contributed by atoms with Crippen LogP contribution >= 0.6 is 22.9 Å². The lowest BCUT2D eigenvalue weighted by atomic mass is 10.2. The SMILES string of the molecule is CNC(=O)c1cc(Oc2ccc3cc(NC(=O)Nc4c(C)cccc4Cl)sc3c2)ccn1. The van der Waals surface area contributed by atoms with Gasteiger partial charge >= 0.3 is 6.03 Å². The van der Waals surface area contributed by atoms with E-state index in [1.165, 1.54) is 17.5 Å². The van der Waals surface area contributed by atoms with Gasteiger partial charge in [-0.1, -0.05) is 23.7 Å². The molecule has 0 aliphatic carbocycles. The van der Waals surface area contributed by atoms with E-state index < -0.39 is 0 Å². The Morgan fingerprint density at radius 1 is 1.03 bits per heavy atom. The van der Waals surface area contributed by atoms with Gasteiger partial charge in [0.05, 0.1) is 15.7 Å². The molecule has 162 valence electrons. The minimum Gasteiger partial charge on any atom is -0.457 e. The third-order valence-corrected chi connectivity index (χ3v) is 5.94. The summed E-state index contributed by atoms with van der Waals surface area (Å²) < 4.78 is 6.83. The summed E-state index contributed by atoms with van der Waals surface area (Å²) in [7, 11) is 1.55. The van der Waals surface area contributed by atoms with Crippen LogP contribution in [0.15, 0.2) is 60.8 Å². The number of urea groups is 1. The maximum atomic E-state index is 12.4. The van der Waals surface area contributed by atoms with Gasteiger partial charge in [0, 0.05) is 24.0 Å².